The smallest absolute Gasteiger partial charge is 0.243 e. The van der Waals surface area contributed by atoms with Crippen molar-refractivity contribution in [3.05, 3.63) is 97.9 Å². The number of hydrogen-bond donors (Lipinski definition) is 1. The van der Waals surface area contributed by atoms with Crippen molar-refractivity contribution in [1.82, 2.24) is 10.2 Å². The molecule has 1 fully saturated rings. The molecule has 0 bridgehead atoms. The molecule has 0 heterocycles. The van der Waals surface area contributed by atoms with Gasteiger partial charge in [-0.3, -0.25) is 13.9 Å². The Morgan fingerprint density at radius 1 is 0.886 bits per heavy atom. The van der Waals surface area contributed by atoms with Gasteiger partial charge in [-0.1, -0.05) is 95.6 Å². The number of amides is 2. The van der Waals surface area contributed by atoms with Gasteiger partial charge in [-0.2, -0.15) is 0 Å². The number of nitrogens with one attached hydrogen (secondary N) is 1. The summed E-state index contributed by atoms with van der Waals surface area (Å²) in [5.41, 5.74) is 1.85. The molecule has 7 nitrogen and oxygen atoms in total. The summed E-state index contributed by atoms with van der Waals surface area (Å²) in [6.45, 7) is 0.101. The van der Waals surface area contributed by atoms with E-state index in [1.54, 1.807) is 29.2 Å². The average Bonchev–Trinajstić information content (AvgIpc) is 3.49. The Hall–Kier alpha value is -2.49. The summed E-state index contributed by atoms with van der Waals surface area (Å²) < 4.78 is 26.6. The molecule has 3 aromatic carbocycles. The van der Waals surface area contributed by atoms with Crippen LogP contribution in [-0.4, -0.2) is 50.0 Å². The zero-order chi connectivity index (χ0) is 31.9. The number of hydrogen-bond acceptors (Lipinski definition) is 4. The third kappa shape index (κ3) is 9.51. The minimum Gasteiger partial charge on any atom is -0.352 e. The second-order valence-electron chi connectivity index (χ2n) is 11.0. The molecular formula is C32H35Cl4N3O4S. The molecule has 0 saturated heterocycles. The third-order valence-electron chi connectivity index (χ3n) is 7.64. The van der Waals surface area contributed by atoms with Gasteiger partial charge in [0.05, 0.1) is 27.0 Å². The first-order valence-corrected chi connectivity index (χ1v) is 17.8. The first-order chi connectivity index (χ1) is 20.9. The van der Waals surface area contributed by atoms with Gasteiger partial charge in [0.25, 0.3) is 0 Å². The largest absolute Gasteiger partial charge is 0.352 e. The predicted octanol–water partition coefficient (Wildman–Crippen LogP) is 7.55. The van der Waals surface area contributed by atoms with Crippen LogP contribution < -0.4 is 9.62 Å². The molecule has 0 aliphatic heterocycles. The SMILES string of the molecule is CS(=O)(=O)N(CCCC(=O)N(Cc1ccc(Cl)c(Cl)c1)C(Cc1ccccc1)C(=O)NC1CCCC1)c1cc(Cl)ccc1Cl. The van der Waals surface area contributed by atoms with Gasteiger partial charge in [-0.05, 0) is 60.7 Å². The Kier molecular flexibility index (Phi) is 12.3. The van der Waals surface area contributed by atoms with Gasteiger partial charge in [0, 0.05) is 37.0 Å². The molecule has 0 aromatic heterocycles. The van der Waals surface area contributed by atoms with Crippen LogP contribution in [0, 0.1) is 0 Å². The number of sulfonamides is 1. The highest BCUT2D eigenvalue weighted by Crippen LogP contribution is 2.31. The van der Waals surface area contributed by atoms with E-state index >= 15 is 0 Å². The summed E-state index contributed by atoms with van der Waals surface area (Å²) in [6.07, 6.45) is 5.44. The molecular weight excluding hydrogens is 664 g/mol. The van der Waals surface area contributed by atoms with Crippen LogP contribution in [-0.2, 0) is 32.6 Å². The lowest BCUT2D eigenvalue weighted by molar-refractivity contribution is -0.141. The summed E-state index contributed by atoms with van der Waals surface area (Å²) in [6, 6.07) is 18.5. The number of carbonyl (C=O) groups is 2. The molecule has 1 aliphatic rings. The highest BCUT2D eigenvalue weighted by Gasteiger charge is 2.32. The van der Waals surface area contributed by atoms with Crippen molar-refractivity contribution in [1.29, 1.82) is 0 Å². The normalized spacial score (nSPS) is 14.3. The summed E-state index contributed by atoms with van der Waals surface area (Å²) in [4.78, 5) is 29.5. The maximum atomic E-state index is 14.0. The van der Waals surface area contributed by atoms with Crippen LogP contribution >= 0.6 is 46.4 Å². The first-order valence-electron chi connectivity index (χ1n) is 14.4. The minimum atomic E-state index is -3.74. The molecule has 1 saturated carbocycles. The van der Waals surface area contributed by atoms with E-state index in [0.29, 0.717) is 27.1 Å². The Bertz CT molecular complexity index is 1570. The first kappa shape index (κ1) is 34.4. The van der Waals surface area contributed by atoms with E-state index in [4.69, 9.17) is 46.4 Å². The van der Waals surface area contributed by atoms with Gasteiger partial charge < -0.3 is 10.2 Å². The maximum Gasteiger partial charge on any atom is 0.243 e. The van der Waals surface area contributed by atoms with Crippen LogP contribution in [0.4, 0.5) is 5.69 Å². The Morgan fingerprint density at radius 3 is 2.23 bits per heavy atom. The third-order valence-corrected chi connectivity index (χ3v) is 10.1. The van der Waals surface area contributed by atoms with Crippen LogP contribution in [0.2, 0.25) is 20.1 Å². The number of halogens is 4. The minimum absolute atomic E-state index is 0.0110. The van der Waals surface area contributed by atoms with Gasteiger partial charge >= 0.3 is 0 Å². The molecule has 0 spiro atoms. The van der Waals surface area contributed by atoms with Gasteiger partial charge in [-0.15, -0.1) is 0 Å². The van der Waals surface area contributed by atoms with E-state index in [-0.39, 0.29) is 54.5 Å². The van der Waals surface area contributed by atoms with Crippen molar-refractivity contribution in [2.24, 2.45) is 0 Å². The van der Waals surface area contributed by atoms with E-state index in [0.717, 1.165) is 41.8 Å². The number of benzene rings is 3. The van der Waals surface area contributed by atoms with E-state index in [1.165, 1.54) is 12.1 Å². The number of nitrogens with zero attached hydrogens (tertiary/aromatic N) is 2. The van der Waals surface area contributed by atoms with Crippen molar-refractivity contribution in [3.8, 4) is 0 Å². The molecule has 0 radical (unpaired) electrons. The predicted molar refractivity (Wildman–Crippen MR) is 179 cm³/mol. The van der Waals surface area contributed by atoms with Crippen LogP contribution in [0.15, 0.2) is 66.7 Å². The van der Waals surface area contributed by atoms with Crippen LogP contribution in [0.25, 0.3) is 0 Å². The Morgan fingerprint density at radius 2 is 1.57 bits per heavy atom. The second kappa shape index (κ2) is 15.7. The zero-order valence-corrected chi connectivity index (χ0v) is 28.2. The van der Waals surface area contributed by atoms with Gasteiger partial charge in [-0.25, -0.2) is 8.42 Å². The van der Waals surface area contributed by atoms with Crippen LogP contribution in [0.5, 0.6) is 0 Å². The zero-order valence-electron chi connectivity index (χ0n) is 24.3. The lowest BCUT2D eigenvalue weighted by Crippen LogP contribution is -2.52. The molecule has 1 N–H and O–H groups in total. The molecule has 1 unspecified atom stereocenters. The fourth-order valence-electron chi connectivity index (χ4n) is 5.42. The van der Waals surface area contributed by atoms with Gasteiger partial charge in [0.1, 0.15) is 6.04 Å². The lowest BCUT2D eigenvalue weighted by atomic mass is 10.0. The standard InChI is InChI=1S/C32H35Cl4N3O4S/c1-44(42,43)39(29-20-24(33)14-16-27(29)35)17-7-12-31(40)38(21-23-13-15-26(34)28(36)18-23)30(19-22-8-3-2-4-9-22)32(41)37-25-10-5-6-11-25/h2-4,8-9,13-16,18,20,25,30H,5-7,10-12,17,19,21H2,1H3,(H,37,41). The fourth-order valence-corrected chi connectivity index (χ4v) is 7.14. The highest BCUT2D eigenvalue weighted by molar-refractivity contribution is 7.92. The molecule has 44 heavy (non-hydrogen) atoms. The maximum absolute atomic E-state index is 14.0. The fraction of sp³-hybridized carbons (Fsp3) is 0.375. The van der Waals surface area contributed by atoms with E-state index in [2.05, 4.69) is 5.32 Å². The number of rotatable bonds is 13. The van der Waals surface area contributed by atoms with Crippen molar-refractivity contribution < 1.29 is 18.0 Å². The molecule has 3 aromatic rings. The van der Waals surface area contributed by atoms with Crippen molar-refractivity contribution >= 4 is 73.9 Å². The molecule has 1 atom stereocenters. The summed E-state index contributed by atoms with van der Waals surface area (Å²) >= 11 is 24.9. The second-order valence-corrected chi connectivity index (χ2v) is 14.6. The van der Waals surface area contributed by atoms with Crippen LogP contribution in [0.1, 0.15) is 49.7 Å². The van der Waals surface area contributed by atoms with Crippen molar-refractivity contribution in [2.75, 3.05) is 17.1 Å². The topological polar surface area (TPSA) is 86.8 Å². The Balaban J connectivity index is 1.62. The van der Waals surface area contributed by atoms with E-state index < -0.39 is 16.1 Å². The van der Waals surface area contributed by atoms with Gasteiger partial charge in [0.2, 0.25) is 21.8 Å². The molecule has 236 valence electrons. The van der Waals surface area contributed by atoms with E-state index in [9.17, 15) is 18.0 Å². The monoisotopic (exact) mass is 697 g/mol. The quantitative estimate of drug-likeness (QED) is 0.200. The molecule has 1 aliphatic carbocycles. The van der Waals surface area contributed by atoms with E-state index in [1.807, 2.05) is 30.3 Å². The van der Waals surface area contributed by atoms with Crippen LogP contribution in [0.3, 0.4) is 0 Å². The van der Waals surface area contributed by atoms with Gasteiger partial charge in [0.15, 0.2) is 0 Å². The Labute approximate surface area is 279 Å². The van der Waals surface area contributed by atoms with Crippen molar-refractivity contribution in [3.63, 3.8) is 0 Å². The summed E-state index contributed by atoms with van der Waals surface area (Å²) in [5.74, 6) is -0.526. The summed E-state index contributed by atoms with van der Waals surface area (Å²) in [5, 5.41) is 4.45. The highest BCUT2D eigenvalue weighted by atomic mass is 35.5. The number of anilines is 1. The van der Waals surface area contributed by atoms with Crippen molar-refractivity contribution in [2.45, 2.75) is 63.6 Å². The molecule has 4 rings (SSSR count). The summed E-state index contributed by atoms with van der Waals surface area (Å²) in [7, 11) is -3.74. The molecule has 12 heteroatoms. The average molecular weight is 700 g/mol. The lowest BCUT2D eigenvalue weighted by Gasteiger charge is -2.33. The number of carbonyl (C=O) groups excluding carboxylic acids is 2. The molecule has 2 amide bonds.